The molecule has 0 aliphatic rings. The highest BCUT2D eigenvalue weighted by molar-refractivity contribution is 5.79. The molecule has 0 heterocycles. The molecule has 0 aromatic carbocycles. The molecule has 1 unspecified atom stereocenters. The maximum Gasteiger partial charge on any atom is 0.436 e. The van der Waals surface area contributed by atoms with Crippen LogP contribution in [0.5, 0.6) is 0 Å². The fraction of sp³-hybridized carbons (Fsp3) is 0.750. The van der Waals surface area contributed by atoms with E-state index in [1.165, 1.54) is 0 Å². The van der Waals surface area contributed by atoms with E-state index >= 15 is 0 Å². The van der Waals surface area contributed by atoms with Crippen molar-refractivity contribution in [2.24, 2.45) is 0 Å². The average Bonchev–Trinajstić information content (AvgIpc) is 2.08. The summed E-state index contributed by atoms with van der Waals surface area (Å²) in [6, 6.07) is 0. The molecule has 0 fully saturated rings. The van der Waals surface area contributed by atoms with Crippen molar-refractivity contribution in [1.82, 2.24) is 0 Å². The normalized spacial score (nSPS) is 13.1. The molecule has 0 N–H and O–H groups in total. The van der Waals surface area contributed by atoms with Crippen molar-refractivity contribution >= 4 is 11.9 Å². The first kappa shape index (κ1) is 13.7. The summed E-state index contributed by atoms with van der Waals surface area (Å²) in [4.78, 5) is 21.2. The second-order valence-corrected chi connectivity index (χ2v) is 2.70. The van der Waals surface area contributed by atoms with E-state index in [0.29, 0.717) is 6.42 Å². The minimum absolute atomic E-state index is 0.146. The number of halogens is 3. The summed E-state index contributed by atoms with van der Waals surface area (Å²) < 4.78 is 44.6. The Labute approximate surface area is 84.3 Å². The molecule has 0 spiro atoms. The number of hydrogen-bond donors (Lipinski definition) is 0. The molecule has 15 heavy (non-hydrogen) atoms. The number of carbonyl (C=O) groups is 2. The van der Waals surface area contributed by atoms with Crippen LogP contribution in [0.1, 0.15) is 20.3 Å². The van der Waals surface area contributed by atoms with Crippen molar-refractivity contribution in [3.63, 3.8) is 0 Å². The zero-order chi connectivity index (χ0) is 12.1. The van der Waals surface area contributed by atoms with E-state index in [1.54, 1.807) is 6.92 Å². The maximum atomic E-state index is 12.2. The van der Waals surface area contributed by atoms with Gasteiger partial charge in [0.15, 0.2) is 0 Å². The third-order valence-electron chi connectivity index (χ3n) is 1.24. The zero-order valence-corrected chi connectivity index (χ0v) is 8.26. The van der Waals surface area contributed by atoms with E-state index in [2.05, 4.69) is 9.47 Å². The molecule has 4 nitrogen and oxygen atoms in total. The van der Waals surface area contributed by atoms with Gasteiger partial charge in [0.1, 0.15) is 0 Å². The van der Waals surface area contributed by atoms with Crippen LogP contribution in [-0.4, -0.2) is 30.8 Å². The van der Waals surface area contributed by atoms with E-state index in [-0.39, 0.29) is 6.61 Å². The molecular formula is C8H11F3O4. The summed E-state index contributed by atoms with van der Waals surface area (Å²) in [5.74, 6) is -2.79. The van der Waals surface area contributed by atoms with Gasteiger partial charge in [0.25, 0.3) is 6.10 Å². The Morgan fingerprint density at radius 3 is 2.20 bits per heavy atom. The second kappa shape index (κ2) is 5.57. The van der Waals surface area contributed by atoms with Crippen molar-refractivity contribution < 1.29 is 32.2 Å². The first-order valence-corrected chi connectivity index (χ1v) is 4.19. The first-order chi connectivity index (χ1) is 6.79. The number of alkyl halides is 3. The third-order valence-corrected chi connectivity index (χ3v) is 1.24. The van der Waals surface area contributed by atoms with Crippen molar-refractivity contribution in [2.75, 3.05) is 6.61 Å². The SMILES string of the molecule is CCCOC(=O)C(OC(C)=O)C(F)(F)F. The van der Waals surface area contributed by atoms with Crippen molar-refractivity contribution in [3.05, 3.63) is 0 Å². The van der Waals surface area contributed by atoms with E-state index < -0.39 is 24.2 Å². The van der Waals surface area contributed by atoms with Crippen LogP contribution in [0.25, 0.3) is 0 Å². The highest BCUT2D eigenvalue weighted by Crippen LogP contribution is 2.24. The highest BCUT2D eigenvalue weighted by atomic mass is 19.4. The Hall–Kier alpha value is -1.27. The smallest absolute Gasteiger partial charge is 0.436 e. The minimum Gasteiger partial charge on any atom is -0.463 e. The molecule has 0 saturated carbocycles. The van der Waals surface area contributed by atoms with Gasteiger partial charge in [-0.3, -0.25) is 4.79 Å². The van der Waals surface area contributed by atoms with Crippen LogP contribution in [0.4, 0.5) is 13.2 Å². The Kier molecular flexibility index (Phi) is 5.10. The maximum absolute atomic E-state index is 12.2. The molecule has 7 heteroatoms. The summed E-state index contributed by atoms with van der Waals surface area (Å²) in [7, 11) is 0. The highest BCUT2D eigenvalue weighted by Gasteiger charge is 2.49. The molecule has 0 aromatic rings. The number of esters is 2. The van der Waals surface area contributed by atoms with Crippen LogP contribution in [0.3, 0.4) is 0 Å². The number of hydrogen-bond acceptors (Lipinski definition) is 4. The Balaban J connectivity index is 4.49. The summed E-state index contributed by atoms with van der Waals surface area (Å²) in [6.45, 7) is 2.26. The number of ether oxygens (including phenoxy) is 2. The Morgan fingerprint density at radius 2 is 1.87 bits per heavy atom. The third kappa shape index (κ3) is 5.24. The Bertz CT molecular complexity index is 237. The lowest BCUT2D eigenvalue weighted by atomic mass is 10.3. The lowest BCUT2D eigenvalue weighted by Crippen LogP contribution is -2.41. The quantitative estimate of drug-likeness (QED) is 0.683. The van der Waals surface area contributed by atoms with Crippen molar-refractivity contribution in [1.29, 1.82) is 0 Å². The molecule has 88 valence electrons. The standard InChI is InChI=1S/C8H11F3O4/c1-3-4-14-7(13)6(8(9,10)11)15-5(2)12/h6H,3-4H2,1-2H3. The van der Waals surface area contributed by atoms with Crippen molar-refractivity contribution in [3.8, 4) is 0 Å². The van der Waals surface area contributed by atoms with Crippen LogP contribution in [0, 0.1) is 0 Å². The molecule has 1 atom stereocenters. The van der Waals surface area contributed by atoms with Gasteiger partial charge in [-0.25, -0.2) is 4.79 Å². The van der Waals surface area contributed by atoms with Crippen LogP contribution in [-0.2, 0) is 19.1 Å². The molecule has 0 aliphatic heterocycles. The van der Waals surface area contributed by atoms with E-state index in [0.717, 1.165) is 6.92 Å². The van der Waals surface area contributed by atoms with Gasteiger partial charge in [-0.2, -0.15) is 13.2 Å². The van der Waals surface area contributed by atoms with Gasteiger partial charge in [0.05, 0.1) is 6.61 Å². The van der Waals surface area contributed by atoms with Crippen LogP contribution >= 0.6 is 0 Å². The van der Waals surface area contributed by atoms with Crippen LogP contribution in [0.15, 0.2) is 0 Å². The van der Waals surface area contributed by atoms with Crippen molar-refractivity contribution in [2.45, 2.75) is 32.5 Å². The molecular weight excluding hydrogens is 217 g/mol. The van der Waals surface area contributed by atoms with Crippen LogP contribution < -0.4 is 0 Å². The van der Waals surface area contributed by atoms with Gasteiger partial charge < -0.3 is 9.47 Å². The average molecular weight is 228 g/mol. The number of rotatable bonds is 4. The molecule has 0 rings (SSSR count). The molecule has 0 aromatic heterocycles. The fourth-order valence-corrected chi connectivity index (χ4v) is 0.693. The minimum atomic E-state index is -4.95. The van der Waals surface area contributed by atoms with Gasteiger partial charge in [-0.1, -0.05) is 6.92 Å². The van der Waals surface area contributed by atoms with E-state index in [9.17, 15) is 22.8 Å². The molecule has 0 aliphatic carbocycles. The molecule has 0 radical (unpaired) electrons. The predicted molar refractivity (Wildman–Crippen MR) is 42.9 cm³/mol. The largest absolute Gasteiger partial charge is 0.463 e. The van der Waals surface area contributed by atoms with E-state index in [1.807, 2.05) is 0 Å². The van der Waals surface area contributed by atoms with Gasteiger partial charge in [-0.15, -0.1) is 0 Å². The topological polar surface area (TPSA) is 52.6 Å². The van der Waals surface area contributed by atoms with Gasteiger partial charge >= 0.3 is 18.1 Å². The first-order valence-electron chi connectivity index (χ1n) is 4.19. The monoisotopic (exact) mass is 228 g/mol. The van der Waals surface area contributed by atoms with Gasteiger partial charge in [-0.05, 0) is 6.42 Å². The zero-order valence-electron chi connectivity index (χ0n) is 8.26. The van der Waals surface area contributed by atoms with Gasteiger partial charge in [0.2, 0.25) is 0 Å². The Morgan fingerprint density at radius 1 is 1.33 bits per heavy atom. The summed E-state index contributed by atoms with van der Waals surface area (Å²) in [5, 5.41) is 0. The lowest BCUT2D eigenvalue weighted by Gasteiger charge is -2.18. The van der Waals surface area contributed by atoms with E-state index in [4.69, 9.17) is 0 Å². The van der Waals surface area contributed by atoms with Crippen LogP contribution in [0.2, 0.25) is 0 Å². The second-order valence-electron chi connectivity index (χ2n) is 2.70. The number of carbonyl (C=O) groups excluding carboxylic acids is 2. The molecule has 0 saturated heterocycles. The summed E-state index contributed by atoms with van der Waals surface area (Å²) in [6.07, 6.45) is -7.39. The van der Waals surface area contributed by atoms with Gasteiger partial charge in [0, 0.05) is 6.92 Å². The fourth-order valence-electron chi connectivity index (χ4n) is 0.693. The molecule has 0 bridgehead atoms. The summed E-state index contributed by atoms with van der Waals surface area (Å²) in [5.41, 5.74) is 0. The predicted octanol–water partition coefficient (Wildman–Crippen LogP) is 1.43. The summed E-state index contributed by atoms with van der Waals surface area (Å²) >= 11 is 0. The lowest BCUT2D eigenvalue weighted by molar-refractivity contribution is -0.229. The molecule has 0 amide bonds.